The summed E-state index contributed by atoms with van der Waals surface area (Å²) in [7, 11) is 2.08. The largest absolute Gasteiger partial charge is 0.353 e. The molecule has 2 aromatic rings. The van der Waals surface area contributed by atoms with Gasteiger partial charge in [-0.25, -0.2) is 9.97 Å². The van der Waals surface area contributed by atoms with Gasteiger partial charge in [-0.15, -0.1) is 11.3 Å². The van der Waals surface area contributed by atoms with Crippen LogP contribution in [0.4, 0.5) is 5.82 Å². The van der Waals surface area contributed by atoms with E-state index in [9.17, 15) is 0 Å². The van der Waals surface area contributed by atoms with Gasteiger partial charge in [-0.2, -0.15) is 0 Å². The molecule has 0 atom stereocenters. The molecule has 0 spiro atoms. The van der Waals surface area contributed by atoms with E-state index >= 15 is 0 Å². The topological polar surface area (TPSA) is 41.1 Å². The summed E-state index contributed by atoms with van der Waals surface area (Å²) in [4.78, 5) is 11.3. The van der Waals surface area contributed by atoms with Crippen LogP contribution in [0.15, 0.2) is 17.0 Å². The van der Waals surface area contributed by atoms with Gasteiger partial charge in [0.05, 0.1) is 17.7 Å². The Hall–Kier alpha value is -1.46. The Balaban J connectivity index is 2.27. The molecule has 0 amide bonds. The number of nitrogens with one attached hydrogen (secondary N) is 1. The van der Waals surface area contributed by atoms with Crippen molar-refractivity contribution in [2.45, 2.75) is 33.9 Å². The highest BCUT2D eigenvalue weighted by Gasteiger charge is 2.13. The van der Waals surface area contributed by atoms with Gasteiger partial charge in [0.2, 0.25) is 0 Å². The number of nitrogens with zero attached hydrogens (tertiary/aromatic N) is 3. The van der Waals surface area contributed by atoms with E-state index in [0.717, 1.165) is 36.8 Å². The minimum atomic E-state index is 0.790. The van der Waals surface area contributed by atoms with Crippen molar-refractivity contribution in [3.05, 3.63) is 39.5 Å². The highest BCUT2D eigenvalue weighted by atomic mass is 32.1. The van der Waals surface area contributed by atoms with Crippen LogP contribution in [0.25, 0.3) is 0 Å². The van der Waals surface area contributed by atoms with Crippen LogP contribution in [0, 0.1) is 13.8 Å². The summed E-state index contributed by atoms with van der Waals surface area (Å²) in [5, 5.41) is 5.49. The zero-order valence-electron chi connectivity index (χ0n) is 12.6. The van der Waals surface area contributed by atoms with Crippen LogP contribution >= 0.6 is 11.3 Å². The second-order valence-corrected chi connectivity index (χ2v) is 5.72. The Morgan fingerprint density at radius 3 is 2.80 bits per heavy atom. The van der Waals surface area contributed by atoms with Crippen LogP contribution in [0.2, 0.25) is 0 Å². The summed E-state index contributed by atoms with van der Waals surface area (Å²) < 4.78 is 0. The Morgan fingerprint density at radius 2 is 2.15 bits per heavy atom. The van der Waals surface area contributed by atoms with E-state index in [0.29, 0.717) is 0 Å². The van der Waals surface area contributed by atoms with Crippen molar-refractivity contribution in [3.63, 3.8) is 0 Å². The Bertz CT molecular complexity index is 551. The number of hydrogen-bond acceptors (Lipinski definition) is 5. The number of aromatic nitrogens is 2. The summed E-state index contributed by atoms with van der Waals surface area (Å²) in [6, 6.07) is 2.15. The summed E-state index contributed by atoms with van der Waals surface area (Å²) in [5.74, 6) is 1.05. The van der Waals surface area contributed by atoms with E-state index in [-0.39, 0.29) is 0 Å². The van der Waals surface area contributed by atoms with Crippen LogP contribution in [0.3, 0.4) is 0 Å². The first kappa shape index (κ1) is 14.9. The molecule has 5 heteroatoms. The molecule has 0 saturated heterocycles. The van der Waals surface area contributed by atoms with E-state index < -0.39 is 0 Å². The molecule has 0 aromatic carbocycles. The van der Waals surface area contributed by atoms with Gasteiger partial charge in [0, 0.05) is 30.2 Å². The third-order valence-corrected chi connectivity index (χ3v) is 3.88. The zero-order valence-corrected chi connectivity index (χ0v) is 13.4. The normalized spacial score (nSPS) is 10.8. The summed E-state index contributed by atoms with van der Waals surface area (Å²) in [6.45, 7) is 8.93. The molecular weight excluding hydrogens is 268 g/mol. The molecule has 0 radical (unpaired) electrons. The van der Waals surface area contributed by atoms with Gasteiger partial charge >= 0.3 is 0 Å². The summed E-state index contributed by atoms with van der Waals surface area (Å²) in [5.41, 5.74) is 6.59. The van der Waals surface area contributed by atoms with Crippen molar-refractivity contribution in [1.29, 1.82) is 0 Å². The van der Waals surface area contributed by atoms with E-state index in [2.05, 4.69) is 47.5 Å². The number of rotatable bonds is 6. The van der Waals surface area contributed by atoms with Gasteiger partial charge in [-0.05, 0) is 32.0 Å². The lowest BCUT2D eigenvalue weighted by molar-refractivity contribution is 0.714. The van der Waals surface area contributed by atoms with Gasteiger partial charge in [0.1, 0.15) is 5.82 Å². The predicted molar refractivity (Wildman–Crippen MR) is 85.3 cm³/mol. The van der Waals surface area contributed by atoms with Gasteiger partial charge in [-0.1, -0.05) is 6.92 Å². The average Bonchev–Trinajstić information content (AvgIpc) is 2.89. The number of hydrogen-bond donors (Lipinski definition) is 1. The second-order valence-electron chi connectivity index (χ2n) is 5.00. The van der Waals surface area contributed by atoms with E-state index in [1.165, 1.54) is 11.1 Å². The molecule has 108 valence electrons. The van der Waals surface area contributed by atoms with Crippen LogP contribution < -0.4 is 10.2 Å². The first-order valence-corrected chi connectivity index (χ1v) is 7.82. The fourth-order valence-electron chi connectivity index (χ4n) is 2.26. The molecule has 0 unspecified atom stereocenters. The summed E-state index contributed by atoms with van der Waals surface area (Å²) in [6.07, 6.45) is 0. The van der Waals surface area contributed by atoms with Gasteiger partial charge < -0.3 is 10.2 Å². The Kier molecular flexibility index (Phi) is 5.09. The molecule has 0 fully saturated rings. The molecule has 0 aliphatic rings. The minimum absolute atomic E-state index is 0.790. The zero-order chi connectivity index (χ0) is 14.5. The standard InChI is InChI=1S/C15H22N4S/c1-5-16-7-14-11(2)6-12(3)18-15(14)19(4)8-13-9-20-10-17-13/h6,9-10,16H,5,7-8H2,1-4H3. The molecular formula is C15H22N4S. The molecule has 2 heterocycles. The number of thiazole rings is 1. The fourth-order valence-corrected chi connectivity index (χ4v) is 2.81. The summed E-state index contributed by atoms with van der Waals surface area (Å²) >= 11 is 1.63. The van der Waals surface area contributed by atoms with Crippen molar-refractivity contribution < 1.29 is 0 Å². The predicted octanol–water partition coefficient (Wildman–Crippen LogP) is 2.90. The van der Waals surface area contributed by atoms with Crippen molar-refractivity contribution in [1.82, 2.24) is 15.3 Å². The minimum Gasteiger partial charge on any atom is -0.353 e. The maximum absolute atomic E-state index is 4.73. The van der Waals surface area contributed by atoms with Crippen LogP contribution in [0.5, 0.6) is 0 Å². The van der Waals surface area contributed by atoms with Crippen LogP contribution in [0.1, 0.15) is 29.4 Å². The Labute approximate surface area is 124 Å². The first-order chi connectivity index (χ1) is 9.61. The lowest BCUT2D eigenvalue weighted by Gasteiger charge is -2.22. The second kappa shape index (κ2) is 6.81. The van der Waals surface area contributed by atoms with Crippen molar-refractivity contribution >= 4 is 17.2 Å². The maximum atomic E-state index is 4.73. The van der Waals surface area contributed by atoms with Crippen molar-refractivity contribution in [3.8, 4) is 0 Å². The van der Waals surface area contributed by atoms with E-state index in [1.54, 1.807) is 11.3 Å². The molecule has 0 aliphatic carbocycles. The molecule has 0 bridgehead atoms. The fraction of sp³-hybridized carbons (Fsp3) is 0.467. The molecule has 4 nitrogen and oxygen atoms in total. The van der Waals surface area contributed by atoms with E-state index in [4.69, 9.17) is 4.98 Å². The van der Waals surface area contributed by atoms with Gasteiger partial charge in [-0.3, -0.25) is 0 Å². The lowest BCUT2D eigenvalue weighted by atomic mass is 10.1. The smallest absolute Gasteiger partial charge is 0.133 e. The van der Waals surface area contributed by atoms with Gasteiger partial charge in [0.25, 0.3) is 0 Å². The third-order valence-electron chi connectivity index (χ3n) is 3.25. The number of aryl methyl sites for hydroxylation is 2. The third kappa shape index (κ3) is 3.55. The molecule has 0 aliphatic heterocycles. The molecule has 0 saturated carbocycles. The average molecular weight is 290 g/mol. The van der Waals surface area contributed by atoms with Crippen LogP contribution in [-0.2, 0) is 13.1 Å². The molecule has 20 heavy (non-hydrogen) atoms. The lowest BCUT2D eigenvalue weighted by Crippen LogP contribution is -2.23. The maximum Gasteiger partial charge on any atom is 0.133 e. The van der Waals surface area contributed by atoms with Gasteiger partial charge in [0.15, 0.2) is 0 Å². The number of anilines is 1. The van der Waals surface area contributed by atoms with Crippen molar-refractivity contribution in [2.24, 2.45) is 0 Å². The Morgan fingerprint density at radius 1 is 1.35 bits per heavy atom. The van der Waals surface area contributed by atoms with Crippen LogP contribution in [-0.4, -0.2) is 23.6 Å². The quantitative estimate of drug-likeness (QED) is 0.888. The highest BCUT2D eigenvalue weighted by molar-refractivity contribution is 7.07. The highest BCUT2D eigenvalue weighted by Crippen LogP contribution is 2.23. The molecule has 2 aromatic heterocycles. The monoisotopic (exact) mass is 290 g/mol. The molecule has 2 rings (SSSR count). The van der Waals surface area contributed by atoms with E-state index in [1.807, 2.05) is 12.4 Å². The van der Waals surface area contributed by atoms with Crippen molar-refractivity contribution in [2.75, 3.05) is 18.5 Å². The first-order valence-electron chi connectivity index (χ1n) is 6.87. The molecule has 1 N–H and O–H groups in total. The number of pyridine rings is 1. The SMILES string of the molecule is CCNCc1c(C)cc(C)nc1N(C)Cc1cscn1.